The van der Waals surface area contributed by atoms with E-state index in [9.17, 15) is 9.59 Å². The molecular weight excluding hydrogens is 288 g/mol. The lowest BCUT2D eigenvalue weighted by molar-refractivity contribution is -0.122. The zero-order valence-electron chi connectivity index (χ0n) is 13.5. The largest absolute Gasteiger partial charge is 0.354 e. The van der Waals surface area contributed by atoms with Crippen molar-refractivity contribution in [3.05, 3.63) is 65.4 Å². The van der Waals surface area contributed by atoms with Gasteiger partial charge >= 0.3 is 0 Å². The van der Waals surface area contributed by atoms with E-state index in [1.807, 2.05) is 31.2 Å². The highest BCUT2D eigenvalue weighted by molar-refractivity contribution is 6.00. The summed E-state index contributed by atoms with van der Waals surface area (Å²) in [5.74, 6) is -0.615. The standard InChI is InChI=1S/C19H20N2O2/c1-13-7-9-16(10-8-13)17-6-4-5-15(11-17)12-18(19(23)20-3)21-14(2)22/h4-12H,1-3H3,(H,20,23)(H,21,22)/b18-12-. The molecule has 0 saturated heterocycles. The van der Waals surface area contributed by atoms with Crippen molar-refractivity contribution in [1.29, 1.82) is 0 Å². The van der Waals surface area contributed by atoms with Crippen molar-refractivity contribution in [2.45, 2.75) is 13.8 Å². The summed E-state index contributed by atoms with van der Waals surface area (Å²) in [6, 6.07) is 16.1. The Kier molecular flexibility index (Phi) is 5.31. The third kappa shape index (κ3) is 4.54. The molecule has 4 nitrogen and oxygen atoms in total. The molecule has 0 aliphatic carbocycles. The summed E-state index contributed by atoms with van der Waals surface area (Å²) < 4.78 is 0. The minimum atomic E-state index is -0.332. The summed E-state index contributed by atoms with van der Waals surface area (Å²) in [7, 11) is 1.53. The first kappa shape index (κ1) is 16.5. The van der Waals surface area contributed by atoms with E-state index in [4.69, 9.17) is 0 Å². The molecule has 0 aliphatic heterocycles. The Morgan fingerprint density at radius 2 is 1.70 bits per heavy atom. The Labute approximate surface area is 136 Å². The zero-order chi connectivity index (χ0) is 16.8. The Bertz CT molecular complexity index is 746. The lowest BCUT2D eigenvalue weighted by Crippen LogP contribution is -2.31. The number of aryl methyl sites for hydroxylation is 1. The Morgan fingerprint density at radius 3 is 2.30 bits per heavy atom. The maximum atomic E-state index is 11.9. The molecule has 2 aromatic carbocycles. The van der Waals surface area contributed by atoms with Crippen LogP contribution in [0.1, 0.15) is 18.1 Å². The van der Waals surface area contributed by atoms with Gasteiger partial charge in [0.1, 0.15) is 5.70 Å². The molecule has 0 aromatic heterocycles. The van der Waals surface area contributed by atoms with Gasteiger partial charge in [0, 0.05) is 14.0 Å². The molecule has 0 spiro atoms. The third-order valence-electron chi connectivity index (χ3n) is 3.36. The molecule has 0 saturated carbocycles. The van der Waals surface area contributed by atoms with Crippen molar-refractivity contribution in [3.63, 3.8) is 0 Å². The lowest BCUT2D eigenvalue weighted by Gasteiger charge is -2.08. The number of hydrogen-bond donors (Lipinski definition) is 2. The van der Waals surface area contributed by atoms with Crippen molar-refractivity contribution in [2.75, 3.05) is 7.05 Å². The number of rotatable bonds is 4. The van der Waals surface area contributed by atoms with Gasteiger partial charge in [0.05, 0.1) is 0 Å². The molecule has 23 heavy (non-hydrogen) atoms. The number of likely N-dealkylation sites (N-methyl/N-ethyl adjacent to an activating group) is 1. The molecule has 2 rings (SSSR count). The van der Waals surface area contributed by atoms with Gasteiger partial charge in [0.2, 0.25) is 5.91 Å². The summed E-state index contributed by atoms with van der Waals surface area (Å²) in [5, 5.41) is 5.08. The predicted octanol–water partition coefficient (Wildman–Crippen LogP) is 2.89. The molecule has 0 heterocycles. The highest BCUT2D eigenvalue weighted by Gasteiger charge is 2.09. The van der Waals surface area contributed by atoms with Gasteiger partial charge < -0.3 is 10.6 Å². The Morgan fingerprint density at radius 1 is 1.00 bits per heavy atom. The lowest BCUT2D eigenvalue weighted by atomic mass is 10.0. The van der Waals surface area contributed by atoms with E-state index in [0.717, 1.165) is 16.7 Å². The van der Waals surface area contributed by atoms with Gasteiger partial charge in [0.15, 0.2) is 0 Å². The van der Waals surface area contributed by atoms with E-state index < -0.39 is 0 Å². The average molecular weight is 308 g/mol. The van der Waals surface area contributed by atoms with Crippen molar-refractivity contribution >= 4 is 17.9 Å². The maximum Gasteiger partial charge on any atom is 0.267 e. The Hall–Kier alpha value is -2.88. The van der Waals surface area contributed by atoms with Crippen LogP contribution in [0.2, 0.25) is 0 Å². The van der Waals surface area contributed by atoms with Gasteiger partial charge in [-0.1, -0.05) is 48.0 Å². The SMILES string of the molecule is CNC(=O)/C(=C/c1cccc(-c2ccc(C)cc2)c1)NC(C)=O. The second kappa shape index (κ2) is 7.40. The van der Waals surface area contributed by atoms with Crippen LogP contribution < -0.4 is 10.6 Å². The van der Waals surface area contributed by atoms with E-state index in [-0.39, 0.29) is 17.5 Å². The van der Waals surface area contributed by atoms with Crippen LogP contribution in [0.4, 0.5) is 0 Å². The first-order valence-electron chi connectivity index (χ1n) is 7.38. The minimum Gasteiger partial charge on any atom is -0.354 e. The number of nitrogens with one attached hydrogen (secondary N) is 2. The molecule has 0 fully saturated rings. The molecule has 4 heteroatoms. The first-order valence-corrected chi connectivity index (χ1v) is 7.38. The average Bonchev–Trinajstić information content (AvgIpc) is 2.54. The van der Waals surface area contributed by atoms with Crippen LogP contribution in [-0.2, 0) is 9.59 Å². The summed E-state index contributed by atoms with van der Waals surface area (Å²) in [5.41, 5.74) is 4.43. The minimum absolute atomic E-state index is 0.223. The second-order valence-corrected chi connectivity index (χ2v) is 5.31. The van der Waals surface area contributed by atoms with Gasteiger partial charge in [-0.25, -0.2) is 0 Å². The molecule has 0 atom stereocenters. The van der Waals surface area contributed by atoms with E-state index >= 15 is 0 Å². The fourth-order valence-electron chi connectivity index (χ4n) is 2.20. The molecule has 2 amide bonds. The maximum absolute atomic E-state index is 11.9. The number of amides is 2. The monoisotopic (exact) mass is 308 g/mol. The van der Waals surface area contributed by atoms with Crippen LogP contribution in [0.15, 0.2) is 54.2 Å². The van der Waals surface area contributed by atoms with Crippen molar-refractivity contribution in [2.24, 2.45) is 0 Å². The summed E-state index contributed by atoms with van der Waals surface area (Å²) in [4.78, 5) is 23.1. The van der Waals surface area contributed by atoms with Crippen molar-refractivity contribution in [3.8, 4) is 11.1 Å². The smallest absolute Gasteiger partial charge is 0.267 e. The van der Waals surface area contributed by atoms with E-state index in [2.05, 4.69) is 34.9 Å². The van der Waals surface area contributed by atoms with Crippen LogP contribution in [0.5, 0.6) is 0 Å². The Balaban J connectivity index is 2.37. The molecular formula is C19H20N2O2. The fourth-order valence-corrected chi connectivity index (χ4v) is 2.20. The van der Waals surface area contributed by atoms with Gasteiger partial charge in [-0.05, 0) is 35.8 Å². The molecule has 118 valence electrons. The highest BCUT2D eigenvalue weighted by atomic mass is 16.2. The van der Waals surface area contributed by atoms with Crippen molar-refractivity contribution < 1.29 is 9.59 Å². The molecule has 0 radical (unpaired) electrons. The van der Waals surface area contributed by atoms with Crippen LogP contribution in [0, 0.1) is 6.92 Å². The van der Waals surface area contributed by atoms with Crippen molar-refractivity contribution in [1.82, 2.24) is 10.6 Å². The summed E-state index contributed by atoms with van der Waals surface area (Å²) in [6.07, 6.45) is 1.66. The van der Waals surface area contributed by atoms with E-state index in [1.54, 1.807) is 6.08 Å². The summed E-state index contributed by atoms with van der Waals surface area (Å²) in [6.45, 7) is 3.42. The molecule has 2 aromatic rings. The van der Waals surface area contributed by atoms with Crippen LogP contribution in [-0.4, -0.2) is 18.9 Å². The van der Waals surface area contributed by atoms with Crippen LogP contribution >= 0.6 is 0 Å². The van der Waals surface area contributed by atoms with E-state index in [0.29, 0.717) is 0 Å². The molecule has 0 unspecified atom stereocenters. The molecule has 0 aliphatic rings. The second-order valence-electron chi connectivity index (χ2n) is 5.31. The quantitative estimate of drug-likeness (QED) is 0.853. The van der Waals surface area contributed by atoms with Gasteiger partial charge in [-0.2, -0.15) is 0 Å². The van der Waals surface area contributed by atoms with E-state index in [1.165, 1.54) is 19.5 Å². The number of benzene rings is 2. The van der Waals surface area contributed by atoms with Gasteiger partial charge in [-0.3, -0.25) is 9.59 Å². The van der Waals surface area contributed by atoms with Gasteiger partial charge in [0.25, 0.3) is 5.91 Å². The first-order chi connectivity index (χ1) is 11.0. The molecule has 0 bridgehead atoms. The summed E-state index contributed by atoms with van der Waals surface area (Å²) >= 11 is 0. The number of carbonyl (C=O) groups excluding carboxylic acids is 2. The predicted molar refractivity (Wildman–Crippen MR) is 92.5 cm³/mol. The normalized spacial score (nSPS) is 11.0. The van der Waals surface area contributed by atoms with Crippen LogP contribution in [0.3, 0.4) is 0 Å². The topological polar surface area (TPSA) is 58.2 Å². The van der Waals surface area contributed by atoms with Gasteiger partial charge in [-0.15, -0.1) is 0 Å². The highest BCUT2D eigenvalue weighted by Crippen LogP contribution is 2.21. The number of hydrogen-bond acceptors (Lipinski definition) is 2. The zero-order valence-corrected chi connectivity index (χ0v) is 13.5. The third-order valence-corrected chi connectivity index (χ3v) is 3.36. The number of carbonyl (C=O) groups is 2. The molecule has 2 N–H and O–H groups in total. The van der Waals surface area contributed by atoms with Crippen LogP contribution in [0.25, 0.3) is 17.2 Å². The fraction of sp³-hybridized carbons (Fsp3) is 0.158.